The van der Waals surface area contributed by atoms with Gasteiger partial charge >= 0.3 is 0 Å². The van der Waals surface area contributed by atoms with Crippen LogP contribution in [0.2, 0.25) is 0 Å². The summed E-state index contributed by atoms with van der Waals surface area (Å²) in [5, 5.41) is 12.4. The minimum Gasteiger partial charge on any atom is -0.351 e. The lowest BCUT2D eigenvalue weighted by atomic mass is 10.2. The van der Waals surface area contributed by atoms with E-state index in [2.05, 4.69) is 33.9 Å². The van der Waals surface area contributed by atoms with E-state index in [1.165, 1.54) is 11.8 Å². The quantitative estimate of drug-likeness (QED) is 0.600. The highest BCUT2D eigenvalue weighted by atomic mass is 32.2. The highest BCUT2D eigenvalue weighted by Gasteiger charge is 2.16. The highest BCUT2D eigenvalue weighted by Crippen LogP contribution is 2.25. The maximum Gasteiger partial charge on any atom is 0.230 e. The van der Waals surface area contributed by atoms with Gasteiger partial charge in [-0.05, 0) is 11.5 Å². The molecule has 1 heterocycles. The van der Waals surface area contributed by atoms with E-state index < -0.39 is 0 Å². The molecule has 1 N–H and O–H groups in total. The fraction of sp³-hybridized carbons (Fsp3) is 0.286. The lowest BCUT2D eigenvalue weighted by molar-refractivity contribution is -0.118. The van der Waals surface area contributed by atoms with Crippen LogP contribution in [0.4, 0.5) is 0 Å². The standard InChI is InChI=1S/C21H24N4OS/c1-16(2)14-25-20(18-11-7-4-8-12-18)23-24-21(25)27-15-19(26)22-13-17-9-5-3-6-10-17/h3-12,16H,13-15H2,1-2H3,(H,22,26). The van der Waals surface area contributed by atoms with Gasteiger partial charge in [0.15, 0.2) is 11.0 Å². The molecule has 2 aromatic carbocycles. The minimum atomic E-state index is -0.00999. The molecule has 6 heteroatoms. The van der Waals surface area contributed by atoms with Crippen molar-refractivity contribution in [3.63, 3.8) is 0 Å². The SMILES string of the molecule is CC(C)Cn1c(SCC(=O)NCc2ccccc2)nnc1-c1ccccc1. The van der Waals surface area contributed by atoms with Crippen LogP contribution in [0.1, 0.15) is 19.4 Å². The summed E-state index contributed by atoms with van der Waals surface area (Å²) in [4.78, 5) is 12.2. The van der Waals surface area contributed by atoms with Gasteiger partial charge in [-0.25, -0.2) is 0 Å². The van der Waals surface area contributed by atoms with E-state index >= 15 is 0 Å². The zero-order valence-electron chi connectivity index (χ0n) is 15.6. The summed E-state index contributed by atoms with van der Waals surface area (Å²) in [6.07, 6.45) is 0. The first kappa shape index (κ1) is 19.2. The van der Waals surface area contributed by atoms with Gasteiger partial charge in [0.2, 0.25) is 5.91 Å². The number of hydrogen-bond acceptors (Lipinski definition) is 4. The molecule has 0 atom stereocenters. The number of amides is 1. The van der Waals surface area contributed by atoms with Crippen molar-refractivity contribution in [1.29, 1.82) is 0 Å². The minimum absolute atomic E-state index is 0.00999. The van der Waals surface area contributed by atoms with Gasteiger partial charge in [0, 0.05) is 18.7 Å². The third-order valence-corrected chi connectivity index (χ3v) is 4.93. The molecule has 0 saturated carbocycles. The smallest absolute Gasteiger partial charge is 0.230 e. The van der Waals surface area contributed by atoms with E-state index in [1.54, 1.807) is 0 Å². The zero-order valence-corrected chi connectivity index (χ0v) is 16.4. The van der Waals surface area contributed by atoms with Crippen LogP contribution in [0.5, 0.6) is 0 Å². The number of nitrogens with zero attached hydrogens (tertiary/aromatic N) is 3. The Morgan fingerprint density at radius 3 is 2.37 bits per heavy atom. The number of nitrogens with one attached hydrogen (secondary N) is 1. The molecule has 0 fully saturated rings. The Balaban J connectivity index is 1.65. The van der Waals surface area contributed by atoms with Crippen LogP contribution in [0.25, 0.3) is 11.4 Å². The number of thioether (sulfide) groups is 1. The molecule has 0 bridgehead atoms. The van der Waals surface area contributed by atoms with Crippen molar-refractivity contribution in [2.45, 2.75) is 32.1 Å². The molecular formula is C21H24N4OS. The van der Waals surface area contributed by atoms with E-state index in [1.807, 2.05) is 60.7 Å². The van der Waals surface area contributed by atoms with Gasteiger partial charge in [-0.3, -0.25) is 4.79 Å². The summed E-state index contributed by atoms with van der Waals surface area (Å²) in [6.45, 7) is 5.67. The Morgan fingerprint density at radius 2 is 1.70 bits per heavy atom. The zero-order chi connectivity index (χ0) is 19.1. The molecule has 1 aromatic heterocycles. The summed E-state index contributed by atoms with van der Waals surface area (Å²) in [7, 11) is 0. The maximum atomic E-state index is 12.2. The molecule has 0 radical (unpaired) electrons. The molecule has 5 nitrogen and oxygen atoms in total. The number of carbonyl (C=O) groups excluding carboxylic acids is 1. The number of aromatic nitrogens is 3. The van der Waals surface area contributed by atoms with E-state index in [0.717, 1.165) is 28.7 Å². The van der Waals surface area contributed by atoms with Gasteiger partial charge in [0.25, 0.3) is 0 Å². The van der Waals surface area contributed by atoms with Gasteiger partial charge in [-0.15, -0.1) is 10.2 Å². The van der Waals surface area contributed by atoms with Crippen LogP contribution in [-0.2, 0) is 17.9 Å². The highest BCUT2D eigenvalue weighted by molar-refractivity contribution is 7.99. The summed E-state index contributed by atoms with van der Waals surface area (Å²) in [5.74, 6) is 1.60. The Morgan fingerprint density at radius 1 is 1.04 bits per heavy atom. The molecule has 0 aliphatic carbocycles. The second-order valence-corrected chi connectivity index (χ2v) is 7.67. The Kier molecular flexibility index (Phi) is 6.65. The number of benzene rings is 2. The summed E-state index contributed by atoms with van der Waals surface area (Å²) < 4.78 is 2.11. The maximum absolute atomic E-state index is 12.2. The molecule has 1 amide bonds. The summed E-state index contributed by atoms with van der Waals surface area (Å²) in [5.41, 5.74) is 2.12. The normalized spacial score (nSPS) is 10.9. The molecule has 3 aromatic rings. The number of rotatable bonds is 8. The molecule has 0 saturated heterocycles. The predicted molar refractivity (Wildman–Crippen MR) is 109 cm³/mol. The monoisotopic (exact) mass is 380 g/mol. The van der Waals surface area contributed by atoms with Crippen LogP contribution in [0, 0.1) is 5.92 Å². The van der Waals surface area contributed by atoms with E-state index in [4.69, 9.17) is 0 Å². The first-order valence-electron chi connectivity index (χ1n) is 9.05. The number of carbonyl (C=O) groups is 1. The van der Waals surface area contributed by atoms with Crippen molar-refractivity contribution in [1.82, 2.24) is 20.1 Å². The average molecular weight is 381 g/mol. The van der Waals surface area contributed by atoms with Gasteiger partial charge < -0.3 is 9.88 Å². The average Bonchev–Trinajstić information content (AvgIpc) is 3.08. The van der Waals surface area contributed by atoms with Crippen LogP contribution in [0.15, 0.2) is 65.8 Å². The first-order valence-corrected chi connectivity index (χ1v) is 10.0. The van der Waals surface area contributed by atoms with Crippen LogP contribution < -0.4 is 5.32 Å². The van der Waals surface area contributed by atoms with Gasteiger partial charge in [0.05, 0.1) is 5.75 Å². The van der Waals surface area contributed by atoms with E-state index in [9.17, 15) is 4.79 Å². The Labute approximate surface area is 164 Å². The third kappa shape index (κ3) is 5.44. The molecule has 0 aliphatic rings. The second kappa shape index (κ2) is 9.37. The van der Waals surface area contributed by atoms with Crippen molar-refractivity contribution in [2.75, 3.05) is 5.75 Å². The summed E-state index contributed by atoms with van der Waals surface area (Å²) >= 11 is 1.43. The summed E-state index contributed by atoms with van der Waals surface area (Å²) in [6, 6.07) is 19.9. The molecule has 140 valence electrons. The van der Waals surface area contributed by atoms with Gasteiger partial charge in [0.1, 0.15) is 0 Å². The molecule has 0 spiro atoms. The molecular weight excluding hydrogens is 356 g/mol. The Hall–Kier alpha value is -2.60. The van der Waals surface area contributed by atoms with Crippen LogP contribution in [-0.4, -0.2) is 26.4 Å². The predicted octanol–water partition coefficient (Wildman–Crippen LogP) is 4.01. The van der Waals surface area contributed by atoms with Crippen molar-refractivity contribution in [2.24, 2.45) is 5.92 Å². The van der Waals surface area contributed by atoms with Crippen LogP contribution >= 0.6 is 11.8 Å². The van der Waals surface area contributed by atoms with Crippen molar-refractivity contribution in [3.05, 3.63) is 66.2 Å². The lowest BCUT2D eigenvalue weighted by Gasteiger charge is -2.12. The van der Waals surface area contributed by atoms with Crippen molar-refractivity contribution < 1.29 is 4.79 Å². The molecule has 3 rings (SSSR count). The molecule has 27 heavy (non-hydrogen) atoms. The fourth-order valence-electron chi connectivity index (χ4n) is 2.70. The second-order valence-electron chi connectivity index (χ2n) is 6.73. The van der Waals surface area contributed by atoms with E-state index in [-0.39, 0.29) is 5.91 Å². The fourth-order valence-corrected chi connectivity index (χ4v) is 3.48. The third-order valence-electron chi connectivity index (χ3n) is 3.96. The van der Waals surface area contributed by atoms with Crippen molar-refractivity contribution >= 4 is 17.7 Å². The molecule has 0 unspecified atom stereocenters. The first-order chi connectivity index (χ1) is 13.1. The van der Waals surface area contributed by atoms with Gasteiger partial charge in [-0.1, -0.05) is 86.3 Å². The van der Waals surface area contributed by atoms with E-state index in [0.29, 0.717) is 18.2 Å². The lowest BCUT2D eigenvalue weighted by Crippen LogP contribution is -2.24. The van der Waals surface area contributed by atoms with Gasteiger partial charge in [-0.2, -0.15) is 0 Å². The molecule has 0 aliphatic heterocycles. The topological polar surface area (TPSA) is 59.8 Å². The van der Waals surface area contributed by atoms with Crippen molar-refractivity contribution in [3.8, 4) is 11.4 Å². The number of hydrogen-bond donors (Lipinski definition) is 1. The Bertz CT molecular complexity index is 862. The van der Waals surface area contributed by atoms with Crippen LogP contribution in [0.3, 0.4) is 0 Å². The largest absolute Gasteiger partial charge is 0.351 e.